The molecule has 3 aromatic rings. The lowest BCUT2D eigenvalue weighted by Crippen LogP contribution is -1.89. The lowest BCUT2D eigenvalue weighted by atomic mass is 10.1. The Labute approximate surface area is 134 Å². The number of hydrogen-bond donors (Lipinski definition) is 0. The zero-order valence-electron chi connectivity index (χ0n) is 12.9. The van der Waals surface area contributed by atoms with Crippen LogP contribution in [0, 0.1) is 13.8 Å². The van der Waals surface area contributed by atoms with E-state index in [0.717, 1.165) is 5.56 Å². The molecule has 3 nitrogen and oxygen atoms in total. The van der Waals surface area contributed by atoms with E-state index in [4.69, 9.17) is 4.52 Å². The summed E-state index contributed by atoms with van der Waals surface area (Å²) in [5.74, 6) is 1.30. The van der Waals surface area contributed by atoms with Crippen LogP contribution in [0.5, 0.6) is 0 Å². The summed E-state index contributed by atoms with van der Waals surface area (Å²) in [6, 6.07) is 16.6. The summed E-state index contributed by atoms with van der Waals surface area (Å²) < 4.78 is 5.43. The van der Waals surface area contributed by atoms with Gasteiger partial charge in [0.25, 0.3) is 0 Å². The highest BCUT2D eigenvalue weighted by molar-refractivity contribution is 7.99. The molecule has 0 saturated carbocycles. The van der Waals surface area contributed by atoms with Crippen LogP contribution in [-0.4, -0.2) is 10.1 Å². The van der Waals surface area contributed by atoms with E-state index in [1.54, 1.807) is 11.8 Å². The van der Waals surface area contributed by atoms with Crippen molar-refractivity contribution in [1.29, 1.82) is 0 Å². The summed E-state index contributed by atoms with van der Waals surface area (Å²) in [4.78, 5) is 5.74. The standard InChI is InChI=1S/C18H18N2OS/c1-12-7-9-16(10-8-12)22-14(3)18-19-17(20-21-18)15-6-4-5-13(2)11-15/h4-11,14H,1-3H3. The van der Waals surface area contributed by atoms with Crippen molar-refractivity contribution in [1.82, 2.24) is 10.1 Å². The first-order chi connectivity index (χ1) is 10.6. The summed E-state index contributed by atoms with van der Waals surface area (Å²) >= 11 is 1.72. The van der Waals surface area contributed by atoms with Crippen LogP contribution in [0.4, 0.5) is 0 Å². The maximum absolute atomic E-state index is 5.43. The third kappa shape index (κ3) is 3.39. The fourth-order valence-electron chi connectivity index (χ4n) is 2.17. The van der Waals surface area contributed by atoms with E-state index in [1.807, 2.05) is 12.1 Å². The fraction of sp³-hybridized carbons (Fsp3) is 0.222. The Morgan fingerprint density at radius 2 is 1.77 bits per heavy atom. The first-order valence-corrected chi connectivity index (χ1v) is 8.14. The van der Waals surface area contributed by atoms with Crippen LogP contribution in [0.25, 0.3) is 11.4 Å². The lowest BCUT2D eigenvalue weighted by Gasteiger charge is -2.06. The zero-order chi connectivity index (χ0) is 15.5. The Hall–Kier alpha value is -2.07. The molecule has 112 valence electrons. The minimum atomic E-state index is 0.119. The maximum atomic E-state index is 5.43. The molecular formula is C18H18N2OS. The number of nitrogens with zero attached hydrogens (tertiary/aromatic N) is 2. The Morgan fingerprint density at radius 1 is 1.00 bits per heavy atom. The highest BCUT2D eigenvalue weighted by Gasteiger charge is 2.16. The van der Waals surface area contributed by atoms with E-state index in [-0.39, 0.29) is 5.25 Å². The van der Waals surface area contributed by atoms with E-state index in [9.17, 15) is 0 Å². The first-order valence-electron chi connectivity index (χ1n) is 7.26. The molecule has 0 aliphatic heterocycles. The van der Waals surface area contributed by atoms with Crippen LogP contribution >= 0.6 is 11.8 Å². The molecule has 0 radical (unpaired) electrons. The number of hydrogen-bond acceptors (Lipinski definition) is 4. The Balaban J connectivity index is 1.76. The minimum Gasteiger partial charge on any atom is -0.338 e. The molecule has 1 heterocycles. The van der Waals surface area contributed by atoms with Crippen molar-refractivity contribution in [3.63, 3.8) is 0 Å². The van der Waals surface area contributed by atoms with Gasteiger partial charge in [-0.15, -0.1) is 11.8 Å². The average molecular weight is 310 g/mol. The second-order valence-corrected chi connectivity index (χ2v) is 6.81. The predicted molar refractivity (Wildman–Crippen MR) is 89.9 cm³/mol. The van der Waals surface area contributed by atoms with E-state index in [0.29, 0.717) is 11.7 Å². The molecular weight excluding hydrogens is 292 g/mol. The maximum Gasteiger partial charge on any atom is 0.240 e. The molecule has 0 fully saturated rings. The zero-order valence-corrected chi connectivity index (χ0v) is 13.7. The van der Waals surface area contributed by atoms with Crippen molar-refractivity contribution in [2.45, 2.75) is 30.9 Å². The van der Waals surface area contributed by atoms with Gasteiger partial charge in [-0.2, -0.15) is 4.98 Å². The number of aromatic nitrogens is 2. The molecule has 0 bridgehead atoms. The van der Waals surface area contributed by atoms with Gasteiger partial charge < -0.3 is 4.52 Å². The van der Waals surface area contributed by atoms with Gasteiger partial charge in [0.05, 0.1) is 5.25 Å². The Kier molecular flexibility index (Phi) is 4.29. The number of thioether (sulfide) groups is 1. The van der Waals surface area contributed by atoms with Crippen molar-refractivity contribution < 1.29 is 4.52 Å². The van der Waals surface area contributed by atoms with Crippen LogP contribution in [0.1, 0.15) is 29.2 Å². The molecule has 1 atom stereocenters. The third-order valence-corrected chi connectivity index (χ3v) is 4.50. The van der Waals surface area contributed by atoms with Crippen LogP contribution in [-0.2, 0) is 0 Å². The second kappa shape index (κ2) is 6.36. The summed E-state index contributed by atoms with van der Waals surface area (Å²) in [6.45, 7) is 6.22. The minimum absolute atomic E-state index is 0.119. The molecule has 0 spiro atoms. The molecule has 0 aliphatic rings. The molecule has 0 amide bonds. The summed E-state index contributed by atoms with van der Waals surface area (Å²) in [6.07, 6.45) is 0. The van der Waals surface area contributed by atoms with Crippen LogP contribution in [0.15, 0.2) is 57.9 Å². The Bertz CT molecular complexity index is 765. The van der Waals surface area contributed by atoms with Crippen molar-refractivity contribution in [3.8, 4) is 11.4 Å². The van der Waals surface area contributed by atoms with Gasteiger partial charge >= 0.3 is 0 Å². The monoisotopic (exact) mass is 310 g/mol. The number of aryl methyl sites for hydroxylation is 2. The number of benzene rings is 2. The van der Waals surface area contributed by atoms with Crippen molar-refractivity contribution >= 4 is 11.8 Å². The van der Waals surface area contributed by atoms with Gasteiger partial charge in [-0.1, -0.05) is 46.6 Å². The molecule has 0 aliphatic carbocycles. The molecule has 22 heavy (non-hydrogen) atoms. The van der Waals surface area contributed by atoms with E-state index in [1.165, 1.54) is 16.0 Å². The predicted octanol–water partition coefficient (Wildman–Crippen LogP) is 5.21. The number of rotatable bonds is 4. The van der Waals surface area contributed by atoms with Crippen LogP contribution in [0.2, 0.25) is 0 Å². The fourth-order valence-corrected chi connectivity index (χ4v) is 3.07. The molecule has 4 heteroatoms. The SMILES string of the molecule is Cc1ccc(SC(C)c2nc(-c3cccc(C)c3)no2)cc1. The molecule has 3 rings (SSSR count). The summed E-state index contributed by atoms with van der Waals surface area (Å²) in [5, 5.41) is 4.22. The highest BCUT2D eigenvalue weighted by Crippen LogP contribution is 2.34. The molecule has 0 saturated heterocycles. The highest BCUT2D eigenvalue weighted by atomic mass is 32.2. The smallest absolute Gasteiger partial charge is 0.240 e. The van der Waals surface area contributed by atoms with Crippen molar-refractivity contribution in [2.75, 3.05) is 0 Å². The van der Waals surface area contributed by atoms with Crippen LogP contribution in [0.3, 0.4) is 0 Å². The van der Waals surface area contributed by atoms with E-state index in [2.05, 4.69) is 67.3 Å². The summed E-state index contributed by atoms with van der Waals surface area (Å²) in [7, 11) is 0. The van der Waals surface area contributed by atoms with Crippen LogP contribution < -0.4 is 0 Å². The van der Waals surface area contributed by atoms with Gasteiger partial charge in [0.1, 0.15) is 0 Å². The second-order valence-electron chi connectivity index (χ2n) is 5.40. The van der Waals surface area contributed by atoms with Crippen molar-refractivity contribution in [3.05, 3.63) is 65.5 Å². The molecule has 2 aromatic carbocycles. The van der Waals surface area contributed by atoms with Gasteiger partial charge in [0, 0.05) is 10.5 Å². The molecule has 0 N–H and O–H groups in total. The molecule has 1 unspecified atom stereocenters. The van der Waals surface area contributed by atoms with E-state index < -0.39 is 0 Å². The van der Waals surface area contributed by atoms with Gasteiger partial charge in [-0.05, 0) is 39.0 Å². The lowest BCUT2D eigenvalue weighted by molar-refractivity contribution is 0.381. The molecule has 1 aromatic heterocycles. The van der Waals surface area contributed by atoms with Gasteiger partial charge in [-0.3, -0.25) is 0 Å². The van der Waals surface area contributed by atoms with Gasteiger partial charge in [-0.25, -0.2) is 0 Å². The summed E-state index contributed by atoms with van der Waals surface area (Å²) in [5.41, 5.74) is 3.44. The topological polar surface area (TPSA) is 38.9 Å². The Morgan fingerprint density at radius 3 is 2.50 bits per heavy atom. The first kappa shape index (κ1) is 14.9. The van der Waals surface area contributed by atoms with Crippen molar-refractivity contribution in [2.24, 2.45) is 0 Å². The third-order valence-electron chi connectivity index (χ3n) is 3.40. The largest absolute Gasteiger partial charge is 0.338 e. The van der Waals surface area contributed by atoms with E-state index >= 15 is 0 Å². The van der Waals surface area contributed by atoms with Gasteiger partial charge in [0.15, 0.2) is 0 Å². The quantitative estimate of drug-likeness (QED) is 0.620. The normalized spacial score (nSPS) is 12.3. The average Bonchev–Trinajstić information content (AvgIpc) is 3.00. The van der Waals surface area contributed by atoms with Gasteiger partial charge in [0.2, 0.25) is 11.7 Å².